The number of nitrogens with one attached hydrogen (secondary N) is 2. The third kappa shape index (κ3) is 2.49. The Morgan fingerprint density at radius 2 is 1.86 bits per heavy atom. The van der Waals surface area contributed by atoms with Gasteiger partial charge in [0.05, 0.1) is 6.21 Å². The summed E-state index contributed by atoms with van der Waals surface area (Å²) in [5, 5.41) is 12.1. The van der Waals surface area contributed by atoms with Crippen molar-refractivity contribution in [2.75, 3.05) is 0 Å². The first-order valence-corrected chi connectivity index (χ1v) is 6.48. The second kappa shape index (κ2) is 5.13. The standard InChI is InChI=1S/C16H15N5/c17-16(18)13-6-5-12-7-14(21-15(12)8-13)11-3-1-10(2-4-11)9-20-19/h1-9,21H,19H2,(H3,17,18). The molecule has 2 aromatic carbocycles. The van der Waals surface area contributed by atoms with Gasteiger partial charge in [-0.15, -0.1) is 0 Å². The highest BCUT2D eigenvalue weighted by atomic mass is 15.1. The fraction of sp³-hybridized carbons (Fsp3) is 0. The van der Waals surface area contributed by atoms with E-state index in [1.165, 1.54) is 0 Å². The number of aromatic amines is 1. The lowest BCUT2D eigenvalue weighted by molar-refractivity contribution is 1.26. The van der Waals surface area contributed by atoms with Crippen LogP contribution in [-0.2, 0) is 0 Å². The van der Waals surface area contributed by atoms with Crippen LogP contribution in [0.15, 0.2) is 53.6 Å². The highest BCUT2D eigenvalue weighted by molar-refractivity contribution is 5.99. The van der Waals surface area contributed by atoms with E-state index in [1.807, 2.05) is 42.5 Å². The van der Waals surface area contributed by atoms with Crippen molar-refractivity contribution in [2.24, 2.45) is 16.7 Å². The Kier molecular flexibility index (Phi) is 3.16. The molecule has 5 nitrogen and oxygen atoms in total. The summed E-state index contributed by atoms with van der Waals surface area (Å²) < 4.78 is 0. The summed E-state index contributed by atoms with van der Waals surface area (Å²) >= 11 is 0. The maximum absolute atomic E-state index is 7.49. The average molecular weight is 277 g/mol. The summed E-state index contributed by atoms with van der Waals surface area (Å²) in [7, 11) is 0. The molecule has 0 aliphatic heterocycles. The predicted molar refractivity (Wildman–Crippen MR) is 86.5 cm³/mol. The number of nitrogens with zero attached hydrogens (tertiary/aromatic N) is 1. The van der Waals surface area contributed by atoms with Gasteiger partial charge in [0.2, 0.25) is 0 Å². The second-order valence-corrected chi connectivity index (χ2v) is 4.80. The van der Waals surface area contributed by atoms with Gasteiger partial charge < -0.3 is 16.6 Å². The zero-order valence-electron chi connectivity index (χ0n) is 11.3. The Labute approximate surface area is 121 Å². The van der Waals surface area contributed by atoms with Crippen LogP contribution in [0.4, 0.5) is 0 Å². The van der Waals surface area contributed by atoms with Crippen LogP contribution in [0, 0.1) is 5.41 Å². The number of hydrogen-bond donors (Lipinski definition) is 4. The Bertz CT molecular complexity index is 827. The molecule has 3 rings (SSSR count). The van der Waals surface area contributed by atoms with Crippen molar-refractivity contribution in [1.29, 1.82) is 5.41 Å². The zero-order valence-corrected chi connectivity index (χ0v) is 11.3. The first-order valence-electron chi connectivity index (χ1n) is 6.48. The Hall–Kier alpha value is -3.08. The molecule has 104 valence electrons. The van der Waals surface area contributed by atoms with Crippen LogP contribution in [0.5, 0.6) is 0 Å². The molecule has 1 heterocycles. The number of benzene rings is 2. The molecule has 0 saturated carbocycles. The van der Waals surface area contributed by atoms with Crippen molar-refractivity contribution in [3.05, 3.63) is 59.7 Å². The van der Waals surface area contributed by atoms with E-state index in [0.717, 1.165) is 27.7 Å². The van der Waals surface area contributed by atoms with E-state index in [1.54, 1.807) is 6.21 Å². The van der Waals surface area contributed by atoms with Crippen molar-refractivity contribution < 1.29 is 0 Å². The smallest absolute Gasteiger partial charge is 0.122 e. The van der Waals surface area contributed by atoms with Gasteiger partial charge in [0, 0.05) is 22.2 Å². The third-order valence-corrected chi connectivity index (χ3v) is 3.38. The molecule has 0 atom stereocenters. The van der Waals surface area contributed by atoms with Crippen molar-refractivity contribution in [3.8, 4) is 11.3 Å². The molecule has 0 unspecified atom stereocenters. The van der Waals surface area contributed by atoms with Gasteiger partial charge in [-0.25, -0.2) is 0 Å². The molecule has 0 amide bonds. The van der Waals surface area contributed by atoms with Gasteiger partial charge in [-0.1, -0.05) is 36.4 Å². The molecule has 6 N–H and O–H groups in total. The minimum atomic E-state index is 0.0680. The lowest BCUT2D eigenvalue weighted by Gasteiger charge is -1.99. The predicted octanol–water partition coefficient (Wildman–Crippen LogP) is 2.41. The Balaban J connectivity index is 2.02. The number of H-pyrrole nitrogens is 1. The van der Waals surface area contributed by atoms with Crippen LogP contribution in [0.1, 0.15) is 11.1 Å². The molecule has 0 spiro atoms. The zero-order chi connectivity index (χ0) is 14.8. The van der Waals surface area contributed by atoms with E-state index in [4.69, 9.17) is 17.0 Å². The van der Waals surface area contributed by atoms with Crippen molar-refractivity contribution >= 4 is 23.0 Å². The first kappa shape index (κ1) is 12.9. The minimum Gasteiger partial charge on any atom is -0.384 e. The monoisotopic (exact) mass is 277 g/mol. The van der Waals surface area contributed by atoms with E-state index in [-0.39, 0.29) is 5.84 Å². The Morgan fingerprint density at radius 3 is 2.52 bits per heavy atom. The van der Waals surface area contributed by atoms with E-state index < -0.39 is 0 Å². The largest absolute Gasteiger partial charge is 0.384 e. The molecule has 0 radical (unpaired) electrons. The Morgan fingerprint density at radius 1 is 1.10 bits per heavy atom. The molecular weight excluding hydrogens is 262 g/mol. The topological polar surface area (TPSA) is 104 Å². The summed E-state index contributed by atoms with van der Waals surface area (Å²) in [5.41, 5.74) is 10.2. The van der Waals surface area contributed by atoms with Crippen LogP contribution in [0.25, 0.3) is 22.2 Å². The molecule has 1 aromatic heterocycles. The number of aromatic nitrogens is 1. The number of rotatable bonds is 3. The molecule has 0 fully saturated rings. The molecule has 21 heavy (non-hydrogen) atoms. The maximum atomic E-state index is 7.49. The summed E-state index contributed by atoms with van der Waals surface area (Å²) in [6, 6.07) is 15.7. The quantitative estimate of drug-likeness (QED) is 0.255. The van der Waals surface area contributed by atoms with Crippen molar-refractivity contribution in [2.45, 2.75) is 0 Å². The van der Waals surface area contributed by atoms with Crippen molar-refractivity contribution in [3.63, 3.8) is 0 Å². The minimum absolute atomic E-state index is 0.0680. The number of hydrazone groups is 1. The SMILES string of the molecule is N=C(N)c1ccc2cc(-c3ccc(C=NN)cc3)[nH]c2c1. The molecular formula is C16H15N5. The first-order chi connectivity index (χ1) is 10.2. The summed E-state index contributed by atoms with van der Waals surface area (Å²) in [6.07, 6.45) is 1.61. The highest BCUT2D eigenvalue weighted by Crippen LogP contribution is 2.25. The number of hydrogen-bond acceptors (Lipinski definition) is 3. The van der Waals surface area contributed by atoms with Crippen LogP contribution in [-0.4, -0.2) is 17.0 Å². The number of fused-ring (bicyclic) bond motifs is 1. The van der Waals surface area contributed by atoms with E-state index >= 15 is 0 Å². The van der Waals surface area contributed by atoms with E-state index in [9.17, 15) is 0 Å². The lowest BCUT2D eigenvalue weighted by atomic mass is 10.1. The maximum Gasteiger partial charge on any atom is 0.122 e. The molecule has 0 aliphatic carbocycles. The van der Waals surface area contributed by atoms with Gasteiger partial charge in [0.15, 0.2) is 0 Å². The highest BCUT2D eigenvalue weighted by Gasteiger charge is 2.05. The van der Waals surface area contributed by atoms with Crippen LogP contribution in [0.2, 0.25) is 0 Å². The number of amidine groups is 1. The van der Waals surface area contributed by atoms with Gasteiger partial charge in [0.1, 0.15) is 5.84 Å². The van der Waals surface area contributed by atoms with Gasteiger partial charge in [-0.2, -0.15) is 5.10 Å². The van der Waals surface area contributed by atoms with Gasteiger partial charge >= 0.3 is 0 Å². The van der Waals surface area contributed by atoms with Crippen molar-refractivity contribution in [1.82, 2.24) is 4.98 Å². The third-order valence-electron chi connectivity index (χ3n) is 3.38. The summed E-state index contributed by atoms with van der Waals surface area (Å²) in [6.45, 7) is 0. The van der Waals surface area contributed by atoms with Gasteiger partial charge in [0.25, 0.3) is 0 Å². The molecule has 0 saturated heterocycles. The molecule has 5 heteroatoms. The second-order valence-electron chi connectivity index (χ2n) is 4.80. The van der Waals surface area contributed by atoms with Crippen LogP contribution in [0.3, 0.4) is 0 Å². The van der Waals surface area contributed by atoms with Crippen LogP contribution >= 0.6 is 0 Å². The summed E-state index contributed by atoms with van der Waals surface area (Å²) in [4.78, 5) is 3.35. The van der Waals surface area contributed by atoms with E-state index in [2.05, 4.69) is 16.2 Å². The fourth-order valence-electron chi connectivity index (χ4n) is 2.28. The molecule has 0 bridgehead atoms. The van der Waals surface area contributed by atoms with Crippen LogP contribution < -0.4 is 11.6 Å². The fourth-order valence-corrected chi connectivity index (χ4v) is 2.28. The number of nitrogens with two attached hydrogens (primary N) is 2. The summed E-state index contributed by atoms with van der Waals surface area (Å²) in [5.74, 6) is 5.20. The normalized spacial score (nSPS) is 11.2. The van der Waals surface area contributed by atoms with Gasteiger partial charge in [-0.3, -0.25) is 5.41 Å². The number of nitrogen functional groups attached to an aromatic ring is 1. The lowest BCUT2D eigenvalue weighted by Crippen LogP contribution is -2.10. The molecule has 0 aliphatic rings. The average Bonchev–Trinajstić information content (AvgIpc) is 2.91. The van der Waals surface area contributed by atoms with Gasteiger partial charge in [-0.05, 0) is 23.3 Å². The molecule has 3 aromatic rings. The van der Waals surface area contributed by atoms with E-state index in [0.29, 0.717) is 5.56 Å².